The molecule has 0 saturated heterocycles. The zero-order valence-electron chi connectivity index (χ0n) is 8.59. The molecule has 0 aliphatic heterocycles. The summed E-state index contributed by atoms with van der Waals surface area (Å²) in [5.41, 5.74) is 1.16. The summed E-state index contributed by atoms with van der Waals surface area (Å²) in [7, 11) is 0. The molecule has 0 amide bonds. The third kappa shape index (κ3) is 5.11. The van der Waals surface area contributed by atoms with Crippen LogP contribution in [-0.2, 0) is 24.6 Å². The van der Waals surface area contributed by atoms with E-state index in [4.69, 9.17) is 0 Å². The Labute approximate surface area is 93.2 Å². The summed E-state index contributed by atoms with van der Waals surface area (Å²) in [4.78, 5) is 0. The van der Waals surface area contributed by atoms with E-state index in [1.807, 2.05) is 18.2 Å². The van der Waals surface area contributed by atoms with E-state index in [9.17, 15) is 0 Å². The normalized spacial score (nSPS) is 9.77. The molecule has 0 spiro atoms. The average Bonchev–Trinajstić information content (AvgIpc) is 2.04. The first-order valence-electron chi connectivity index (χ1n) is 4.62. The molecule has 0 bridgehead atoms. The standard InChI is InChI=1S/C8H5.C4H9.Hg/c1-2-8-6-4-3-5-7-8;1-4(2)3;/h3-7H;1-3H3;. The van der Waals surface area contributed by atoms with Gasteiger partial charge in [-0.15, -0.1) is 0 Å². The van der Waals surface area contributed by atoms with Crippen molar-refractivity contribution >= 4 is 0 Å². The third-order valence-electron chi connectivity index (χ3n) is 1.63. The van der Waals surface area contributed by atoms with Crippen LogP contribution in [-0.4, -0.2) is 0 Å². The maximum atomic E-state index is 3.41. The van der Waals surface area contributed by atoms with Crippen molar-refractivity contribution in [2.24, 2.45) is 0 Å². The SMILES string of the molecule is C[C](C)(C)[Hg][C]#Cc1ccccc1. The van der Waals surface area contributed by atoms with Crippen LogP contribution in [0.3, 0.4) is 0 Å². The van der Waals surface area contributed by atoms with Crippen molar-refractivity contribution in [3.05, 3.63) is 35.9 Å². The zero-order valence-corrected chi connectivity index (χ0v) is 14.1. The van der Waals surface area contributed by atoms with Crippen LogP contribution in [0.15, 0.2) is 30.3 Å². The molecule has 1 heteroatoms. The van der Waals surface area contributed by atoms with Crippen molar-refractivity contribution in [2.45, 2.75) is 23.7 Å². The van der Waals surface area contributed by atoms with Gasteiger partial charge in [-0.05, 0) is 0 Å². The van der Waals surface area contributed by atoms with Crippen molar-refractivity contribution in [1.82, 2.24) is 0 Å². The van der Waals surface area contributed by atoms with Crippen LogP contribution in [0.2, 0.25) is 2.92 Å². The van der Waals surface area contributed by atoms with Gasteiger partial charge in [0.15, 0.2) is 0 Å². The molecule has 0 aromatic heterocycles. The Morgan fingerprint density at radius 1 is 1.08 bits per heavy atom. The molecule has 0 aliphatic carbocycles. The molecule has 13 heavy (non-hydrogen) atoms. The second-order valence-corrected chi connectivity index (χ2v) is 15.4. The molecule has 0 atom stereocenters. The van der Waals surface area contributed by atoms with Crippen LogP contribution in [0.25, 0.3) is 0 Å². The topological polar surface area (TPSA) is 0 Å². The second-order valence-electron chi connectivity index (χ2n) is 4.41. The van der Waals surface area contributed by atoms with Gasteiger partial charge in [0.1, 0.15) is 0 Å². The first kappa shape index (κ1) is 10.8. The van der Waals surface area contributed by atoms with Crippen molar-refractivity contribution in [1.29, 1.82) is 0 Å². The van der Waals surface area contributed by atoms with Gasteiger partial charge in [-0.1, -0.05) is 0 Å². The summed E-state index contributed by atoms with van der Waals surface area (Å²) >= 11 is -0.976. The molecule has 1 aromatic rings. The first-order valence-corrected chi connectivity index (χ1v) is 10.1. The summed E-state index contributed by atoms with van der Waals surface area (Å²) in [6.07, 6.45) is 0. The summed E-state index contributed by atoms with van der Waals surface area (Å²) < 4.78 is 3.94. The number of rotatable bonds is 0. The van der Waals surface area contributed by atoms with Crippen LogP contribution < -0.4 is 0 Å². The predicted molar refractivity (Wildman–Crippen MR) is 53.0 cm³/mol. The van der Waals surface area contributed by atoms with E-state index in [1.54, 1.807) is 0 Å². The molecule has 0 heterocycles. The molecule has 0 saturated carbocycles. The summed E-state index contributed by atoms with van der Waals surface area (Å²) in [6.45, 7) is 6.90. The van der Waals surface area contributed by atoms with Gasteiger partial charge in [0.25, 0.3) is 0 Å². The van der Waals surface area contributed by atoms with Gasteiger partial charge in [-0.2, -0.15) is 0 Å². The molecule has 0 nitrogen and oxygen atoms in total. The summed E-state index contributed by atoms with van der Waals surface area (Å²) in [6, 6.07) is 10.3. The molecular formula is C12H14Hg. The monoisotopic (exact) mass is 360 g/mol. The molecule has 1 aromatic carbocycles. The minimum atomic E-state index is -0.976. The van der Waals surface area contributed by atoms with E-state index in [0.29, 0.717) is 2.92 Å². The fraction of sp³-hybridized carbons (Fsp3) is 0.333. The van der Waals surface area contributed by atoms with Crippen LogP contribution in [0.5, 0.6) is 0 Å². The molecule has 0 unspecified atom stereocenters. The number of benzene rings is 1. The molecule has 0 aliphatic rings. The molecule has 1 rings (SSSR count). The predicted octanol–water partition coefficient (Wildman–Crippen LogP) is 3.30. The third-order valence-corrected chi connectivity index (χ3v) is 7.12. The maximum absolute atomic E-state index is 3.41. The Hall–Kier alpha value is -0.285. The van der Waals surface area contributed by atoms with E-state index in [-0.39, 0.29) is 0 Å². The Morgan fingerprint density at radius 3 is 2.23 bits per heavy atom. The fourth-order valence-corrected chi connectivity index (χ4v) is 4.13. The van der Waals surface area contributed by atoms with Gasteiger partial charge >= 0.3 is 93.5 Å². The van der Waals surface area contributed by atoms with Crippen molar-refractivity contribution in [2.75, 3.05) is 0 Å². The van der Waals surface area contributed by atoms with Crippen LogP contribution in [0, 0.1) is 9.35 Å². The Kier molecular flexibility index (Phi) is 4.00. The van der Waals surface area contributed by atoms with Gasteiger partial charge in [-0.25, -0.2) is 0 Å². The van der Waals surface area contributed by atoms with Gasteiger partial charge in [0, 0.05) is 0 Å². The zero-order chi connectivity index (χ0) is 9.73. The number of hydrogen-bond donors (Lipinski definition) is 0. The molecule has 0 fully saturated rings. The number of hydrogen-bond acceptors (Lipinski definition) is 0. The molecule has 0 radical (unpaired) electrons. The first-order chi connectivity index (χ1) is 6.08. The Morgan fingerprint density at radius 2 is 1.69 bits per heavy atom. The summed E-state index contributed by atoms with van der Waals surface area (Å²) in [5, 5.41) is 0. The van der Waals surface area contributed by atoms with Gasteiger partial charge in [-0.3, -0.25) is 0 Å². The summed E-state index contributed by atoms with van der Waals surface area (Å²) in [5.74, 6) is 3.25. The van der Waals surface area contributed by atoms with E-state index >= 15 is 0 Å². The minimum absolute atomic E-state index is 0.530. The Bertz CT molecular complexity index is 308. The molecule has 0 N–H and O–H groups in total. The van der Waals surface area contributed by atoms with Gasteiger partial charge in [0.05, 0.1) is 0 Å². The molecule has 64 valence electrons. The second kappa shape index (κ2) is 4.81. The van der Waals surface area contributed by atoms with Gasteiger partial charge < -0.3 is 0 Å². The van der Waals surface area contributed by atoms with E-state index < -0.39 is 24.6 Å². The van der Waals surface area contributed by atoms with Crippen molar-refractivity contribution < 1.29 is 24.6 Å². The van der Waals surface area contributed by atoms with Crippen molar-refractivity contribution in [3.8, 4) is 9.35 Å². The van der Waals surface area contributed by atoms with Crippen LogP contribution in [0.1, 0.15) is 26.3 Å². The van der Waals surface area contributed by atoms with Crippen LogP contribution in [0.4, 0.5) is 0 Å². The van der Waals surface area contributed by atoms with Crippen LogP contribution >= 0.6 is 0 Å². The molecular weight excluding hydrogens is 345 g/mol. The van der Waals surface area contributed by atoms with Gasteiger partial charge in [0.2, 0.25) is 0 Å². The quantitative estimate of drug-likeness (QED) is 0.493. The van der Waals surface area contributed by atoms with E-state index in [0.717, 1.165) is 5.56 Å². The van der Waals surface area contributed by atoms with E-state index in [2.05, 4.69) is 42.3 Å². The Balaban J connectivity index is 2.59. The van der Waals surface area contributed by atoms with Crippen molar-refractivity contribution in [3.63, 3.8) is 0 Å². The fourth-order valence-electron chi connectivity index (χ4n) is 0.933. The average molecular weight is 359 g/mol. The van der Waals surface area contributed by atoms with E-state index in [1.165, 1.54) is 0 Å².